The molecule has 0 bridgehead atoms. The number of carbonyl (C=O) groups is 2. The van der Waals surface area contributed by atoms with E-state index in [1.165, 1.54) is 0 Å². The van der Waals surface area contributed by atoms with E-state index in [1.807, 2.05) is 6.26 Å². The number of amides is 2. The number of primary amides is 1. The first-order valence-electron chi connectivity index (χ1n) is 5.04. The molecule has 0 aromatic heterocycles. The van der Waals surface area contributed by atoms with Crippen molar-refractivity contribution in [2.24, 2.45) is 5.73 Å². The molecule has 0 aliphatic heterocycles. The number of alkyl carbamates (subject to hydrolysis) is 1. The Morgan fingerprint density at radius 3 is 2.38 bits per heavy atom. The van der Waals surface area contributed by atoms with Crippen molar-refractivity contribution in [3.63, 3.8) is 0 Å². The van der Waals surface area contributed by atoms with Crippen molar-refractivity contribution in [2.75, 3.05) is 12.0 Å². The molecular formula is C10H20N2O3S. The molecule has 5 nitrogen and oxygen atoms in total. The maximum atomic E-state index is 11.4. The van der Waals surface area contributed by atoms with E-state index >= 15 is 0 Å². The van der Waals surface area contributed by atoms with Crippen molar-refractivity contribution in [1.82, 2.24) is 5.32 Å². The van der Waals surface area contributed by atoms with Gasteiger partial charge in [-0.1, -0.05) is 0 Å². The predicted molar refractivity (Wildman–Crippen MR) is 65.4 cm³/mol. The summed E-state index contributed by atoms with van der Waals surface area (Å²) in [6.07, 6.45) is 1.82. The van der Waals surface area contributed by atoms with Gasteiger partial charge >= 0.3 is 6.09 Å². The summed E-state index contributed by atoms with van der Waals surface area (Å²) >= 11 is 1.59. The number of hydrogen-bond acceptors (Lipinski definition) is 4. The third-order valence-electron chi connectivity index (χ3n) is 1.65. The van der Waals surface area contributed by atoms with E-state index in [0.717, 1.165) is 5.75 Å². The molecule has 0 radical (unpaired) electrons. The lowest BCUT2D eigenvalue weighted by atomic mass is 10.2. The van der Waals surface area contributed by atoms with Crippen LogP contribution in [-0.4, -0.2) is 35.7 Å². The Morgan fingerprint density at radius 2 is 2.00 bits per heavy atom. The molecule has 0 aliphatic carbocycles. The highest BCUT2D eigenvalue weighted by molar-refractivity contribution is 7.98. The van der Waals surface area contributed by atoms with Crippen molar-refractivity contribution in [2.45, 2.75) is 38.8 Å². The Bertz CT molecular complexity index is 251. The van der Waals surface area contributed by atoms with Crippen molar-refractivity contribution >= 4 is 23.8 Å². The fourth-order valence-electron chi connectivity index (χ4n) is 0.971. The van der Waals surface area contributed by atoms with Crippen LogP contribution >= 0.6 is 11.8 Å². The molecule has 94 valence electrons. The summed E-state index contributed by atoms with van der Waals surface area (Å²) in [5.74, 6) is 0.212. The van der Waals surface area contributed by atoms with Crippen LogP contribution in [0.1, 0.15) is 27.2 Å². The van der Waals surface area contributed by atoms with E-state index in [-0.39, 0.29) is 0 Å². The molecule has 0 spiro atoms. The second kappa shape index (κ2) is 6.62. The Kier molecular flexibility index (Phi) is 6.25. The van der Waals surface area contributed by atoms with Crippen molar-refractivity contribution in [3.8, 4) is 0 Å². The summed E-state index contributed by atoms with van der Waals surface area (Å²) < 4.78 is 5.03. The number of nitrogens with two attached hydrogens (primary N) is 1. The first kappa shape index (κ1) is 15.1. The molecule has 0 rings (SSSR count). The van der Waals surface area contributed by atoms with Crippen LogP contribution in [0.25, 0.3) is 0 Å². The van der Waals surface area contributed by atoms with Gasteiger partial charge in [-0.2, -0.15) is 11.8 Å². The fourth-order valence-corrected chi connectivity index (χ4v) is 1.44. The molecule has 0 unspecified atom stereocenters. The Balaban J connectivity index is 4.19. The lowest BCUT2D eigenvalue weighted by Crippen LogP contribution is -2.46. The number of ether oxygens (including phenoxy) is 1. The van der Waals surface area contributed by atoms with Crippen LogP contribution in [0.4, 0.5) is 4.79 Å². The lowest BCUT2D eigenvalue weighted by Gasteiger charge is -2.22. The zero-order chi connectivity index (χ0) is 12.8. The third kappa shape index (κ3) is 7.39. The van der Waals surface area contributed by atoms with Gasteiger partial charge in [-0.3, -0.25) is 4.79 Å². The topological polar surface area (TPSA) is 81.4 Å². The minimum absolute atomic E-state index is 0.510. The molecule has 16 heavy (non-hydrogen) atoms. The van der Waals surface area contributed by atoms with E-state index in [1.54, 1.807) is 32.5 Å². The van der Waals surface area contributed by atoms with Crippen LogP contribution in [0.5, 0.6) is 0 Å². The molecule has 0 fully saturated rings. The van der Waals surface area contributed by atoms with E-state index in [2.05, 4.69) is 5.32 Å². The lowest BCUT2D eigenvalue weighted by molar-refractivity contribution is -0.120. The molecule has 0 aromatic rings. The molecule has 0 heterocycles. The highest BCUT2D eigenvalue weighted by atomic mass is 32.2. The van der Waals surface area contributed by atoms with Crippen LogP contribution in [0, 0.1) is 0 Å². The number of thioether (sulfide) groups is 1. The van der Waals surface area contributed by atoms with E-state index in [9.17, 15) is 9.59 Å². The highest BCUT2D eigenvalue weighted by Gasteiger charge is 2.22. The van der Waals surface area contributed by atoms with Crippen LogP contribution < -0.4 is 11.1 Å². The second-order valence-corrected chi connectivity index (χ2v) is 5.37. The Morgan fingerprint density at radius 1 is 1.44 bits per heavy atom. The minimum atomic E-state index is -0.665. The molecule has 0 saturated heterocycles. The summed E-state index contributed by atoms with van der Waals surface area (Å²) in [7, 11) is 0. The molecule has 0 aromatic carbocycles. The SMILES string of the molecule is CSCC[C@@H](NC(=O)OC(C)(C)C)C(N)=O. The predicted octanol–water partition coefficient (Wildman–Crippen LogP) is 1.12. The quantitative estimate of drug-likeness (QED) is 0.764. The molecular weight excluding hydrogens is 228 g/mol. The average molecular weight is 248 g/mol. The zero-order valence-corrected chi connectivity index (χ0v) is 11.0. The van der Waals surface area contributed by atoms with E-state index in [4.69, 9.17) is 10.5 Å². The second-order valence-electron chi connectivity index (χ2n) is 4.38. The van der Waals surface area contributed by atoms with Gasteiger partial charge in [0.05, 0.1) is 0 Å². The number of hydrogen-bond donors (Lipinski definition) is 2. The molecule has 0 saturated carbocycles. The third-order valence-corrected chi connectivity index (χ3v) is 2.29. The highest BCUT2D eigenvalue weighted by Crippen LogP contribution is 2.07. The van der Waals surface area contributed by atoms with Gasteiger partial charge in [0.15, 0.2) is 0 Å². The molecule has 3 N–H and O–H groups in total. The molecule has 0 aliphatic rings. The van der Waals surface area contributed by atoms with Gasteiger partial charge in [0.1, 0.15) is 11.6 Å². The maximum Gasteiger partial charge on any atom is 0.408 e. The normalized spacial score (nSPS) is 13.0. The Hall–Kier alpha value is -0.910. The number of nitrogens with one attached hydrogen (secondary N) is 1. The summed E-state index contributed by atoms with van der Waals surface area (Å²) in [6.45, 7) is 5.27. The van der Waals surface area contributed by atoms with Gasteiger partial charge in [-0.15, -0.1) is 0 Å². The first-order valence-corrected chi connectivity index (χ1v) is 6.43. The van der Waals surface area contributed by atoms with Gasteiger partial charge in [-0.25, -0.2) is 4.79 Å². The van der Waals surface area contributed by atoms with Crippen molar-refractivity contribution in [1.29, 1.82) is 0 Å². The zero-order valence-electron chi connectivity index (χ0n) is 10.2. The van der Waals surface area contributed by atoms with Gasteiger partial charge in [0.2, 0.25) is 5.91 Å². The average Bonchev–Trinajstić information content (AvgIpc) is 2.08. The van der Waals surface area contributed by atoms with Crippen molar-refractivity contribution in [3.05, 3.63) is 0 Å². The summed E-state index contributed by atoms with van der Waals surface area (Å²) in [4.78, 5) is 22.4. The van der Waals surface area contributed by atoms with Crippen LogP contribution in [0.3, 0.4) is 0 Å². The van der Waals surface area contributed by atoms with E-state index < -0.39 is 23.6 Å². The number of carbonyl (C=O) groups excluding carboxylic acids is 2. The minimum Gasteiger partial charge on any atom is -0.444 e. The summed E-state index contributed by atoms with van der Waals surface area (Å²) in [5.41, 5.74) is 4.59. The maximum absolute atomic E-state index is 11.4. The van der Waals surface area contributed by atoms with Crippen LogP contribution in [0.2, 0.25) is 0 Å². The number of rotatable bonds is 5. The van der Waals surface area contributed by atoms with E-state index in [0.29, 0.717) is 6.42 Å². The summed E-state index contributed by atoms with van der Waals surface area (Å²) in [6, 6.07) is -0.665. The van der Waals surface area contributed by atoms with Crippen LogP contribution in [-0.2, 0) is 9.53 Å². The fraction of sp³-hybridized carbons (Fsp3) is 0.800. The van der Waals surface area contributed by atoms with Gasteiger partial charge < -0.3 is 15.8 Å². The molecule has 6 heteroatoms. The largest absolute Gasteiger partial charge is 0.444 e. The van der Waals surface area contributed by atoms with Gasteiger partial charge in [-0.05, 0) is 39.2 Å². The molecule has 1 atom stereocenters. The van der Waals surface area contributed by atoms with Gasteiger partial charge in [0, 0.05) is 0 Å². The smallest absolute Gasteiger partial charge is 0.408 e. The Labute approximate surface area is 100 Å². The monoisotopic (exact) mass is 248 g/mol. The standard InChI is InChI=1S/C10H20N2O3S/c1-10(2,3)15-9(14)12-7(8(11)13)5-6-16-4/h7H,5-6H2,1-4H3,(H2,11,13)(H,12,14)/t7-/m1/s1. The van der Waals surface area contributed by atoms with Crippen molar-refractivity contribution < 1.29 is 14.3 Å². The van der Waals surface area contributed by atoms with Gasteiger partial charge in [0.25, 0.3) is 0 Å². The molecule has 2 amide bonds. The summed E-state index contributed by atoms with van der Waals surface area (Å²) in [5, 5.41) is 2.46. The van der Waals surface area contributed by atoms with Crippen LogP contribution in [0.15, 0.2) is 0 Å². The first-order chi connectivity index (χ1) is 7.26.